The highest BCUT2D eigenvalue weighted by molar-refractivity contribution is 7.89. The number of thiol groups is 1. The van der Waals surface area contributed by atoms with Gasteiger partial charge in [0.1, 0.15) is 11.6 Å². The molecule has 1 unspecified atom stereocenters. The monoisotopic (exact) mass is 485 g/mol. The Kier molecular flexibility index (Phi) is 8.74. The molecule has 0 aromatic heterocycles. The summed E-state index contributed by atoms with van der Waals surface area (Å²) in [6.45, 7) is 0. The quantitative estimate of drug-likeness (QED) is 0.109. The number of ketones is 1. The van der Waals surface area contributed by atoms with Gasteiger partial charge in [-0.1, -0.05) is 12.1 Å². The number of carbonyl (C=O) groups is 2. The van der Waals surface area contributed by atoms with Crippen molar-refractivity contribution in [2.75, 3.05) is 10.6 Å². The number of anilines is 2. The van der Waals surface area contributed by atoms with Crippen LogP contribution in [0.2, 0.25) is 0 Å². The maximum absolute atomic E-state index is 13.5. The molecule has 166 valence electrons. The van der Waals surface area contributed by atoms with Crippen molar-refractivity contribution >= 4 is 63.0 Å². The Hall–Kier alpha value is -2.74. The molecule has 0 saturated carbocycles. The topological polar surface area (TPSA) is 142 Å². The molecule has 6 N–H and O–H groups in total. The smallest absolute Gasteiger partial charge is 0.245 e. The van der Waals surface area contributed by atoms with Crippen LogP contribution < -0.4 is 26.6 Å². The Morgan fingerprint density at radius 3 is 2.35 bits per heavy atom. The molecule has 0 bridgehead atoms. The van der Waals surface area contributed by atoms with Crippen LogP contribution in [0.1, 0.15) is 12.8 Å². The van der Waals surface area contributed by atoms with Gasteiger partial charge in [-0.25, -0.2) is 17.9 Å². The van der Waals surface area contributed by atoms with Crippen LogP contribution in [0.25, 0.3) is 0 Å². The number of rotatable bonds is 8. The fourth-order valence-corrected chi connectivity index (χ4v) is 3.37. The maximum Gasteiger partial charge on any atom is 0.245 e. The molecule has 0 saturated heterocycles. The number of Topliss-reactive ketones (excluding diaryl/α,β-unsaturated/α-hetero) is 1. The van der Waals surface area contributed by atoms with Gasteiger partial charge in [0.2, 0.25) is 15.9 Å². The van der Waals surface area contributed by atoms with E-state index in [0.717, 1.165) is 0 Å². The number of primary sulfonamides is 1. The Morgan fingerprint density at radius 2 is 1.74 bits per heavy atom. The molecule has 2 aromatic rings. The van der Waals surface area contributed by atoms with E-state index in [4.69, 9.17) is 17.4 Å². The van der Waals surface area contributed by atoms with Crippen LogP contribution in [0.15, 0.2) is 53.4 Å². The second kappa shape index (κ2) is 11.0. The van der Waals surface area contributed by atoms with E-state index in [2.05, 4.69) is 34.1 Å². The van der Waals surface area contributed by atoms with Crippen molar-refractivity contribution in [3.63, 3.8) is 0 Å². The molecule has 0 aliphatic heterocycles. The lowest BCUT2D eigenvalue weighted by molar-refractivity contribution is -0.128. The standard InChI is InChI=1S/C18H20FN5O4S3/c19-14-3-1-2-4-15(14)22-18(30)24-23-16(26)9-12(25)10-17(29)21-11-5-7-13(8-6-11)31(20,27)28/h1-8,17,21,29H,9-10H2,(H,23,26)(H2,20,27,28)(H2,22,24,30). The number of hydrogen-bond donors (Lipinski definition) is 6. The van der Waals surface area contributed by atoms with Gasteiger partial charge in [-0.15, -0.1) is 0 Å². The van der Waals surface area contributed by atoms with Crippen molar-refractivity contribution < 1.29 is 22.4 Å². The molecule has 2 rings (SSSR count). The third kappa shape index (κ3) is 8.49. The predicted molar refractivity (Wildman–Crippen MR) is 122 cm³/mol. The first-order valence-electron chi connectivity index (χ1n) is 8.74. The second-order valence-electron chi connectivity index (χ2n) is 6.26. The summed E-state index contributed by atoms with van der Waals surface area (Å²) in [5.74, 6) is -1.55. The third-order valence-electron chi connectivity index (χ3n) is 3.73. The summed E-state index contributed by atoms with van der Waals surface area (Å²) < 4.78 is 36.0. The SMILES string of the molecule is NS(=O)(=O)c1ccc(NC(S)CC(=O)CC(=O)NNC(=S)Nc2ccccc2F)cc1. The fourth-order valence-electron chi connectivity index (χ4n) is 2.34. The first-order valence-corrected chi connectivity index (χ1v) is 11.2. The van der Waals surface area contributed by atoms with E-state index in [1.54, 1.807) is 6.07 Å². The van der Waals surface area contributed by atoms with Gasteiger partial charge in [0.25, 0.3) is 0 Å². The second-order valence-corrected chi connectivity index (χ2v) is 8.85. The van der Waals surface area contributed by atoms with Gasteiger partial charge >= 0.3 is 0 Å². The lowest BCUT2D eigenvalue weighted by Crippen LogP contribution is -2.44. The lowest BCUT2D eigenvalue weighted by atomic mass is 10.2. The largest absolute Gasteiger partial charge is 0.373 e. The van der Waals surface area contributed by atoms with Gasteiger partial charge in [-0.2, -0.15) is 12.6 Å². The Morgan fingerprint density at radius 1 is 1.10 bits per heavy atom. The lowest BCUT2D eigenvalue weighted by Gasteiger charge is -2.15. The number of nitrogens with one attached hydrogen (secondary N) is 4. The zero-order chi connectivity index (χ0) is 23.0. The maximum atomic E-state index is 13.5. The van der Waals surface area contributed by atoms with Gasteiger partial charge in [-0.3, -0.25) is 20.4 Å². The van der Waals surface area contributed by atoms with Crippen LogP contribution in [-0.2, 0) is 19.6 Å². The Balaban J connectivity index is 1.74. The van der Waals surface area contributed by atoms with Crippen molar-refractivity contribution in [2.45, 2.75) is 23.1 Å². The minimum Gasteiger partial charge on any atom is -0.373 e. The zero-order valence-electron chi connectivity index (χ0n) is 16.0. The first-order chi connectivity index (χ1) is 14.5. The summed E-state index contributed by atoms with van der Waals surface area (Å²) in [4.78, 5) is 23.9. The van der Waals surface area contributed by atoms with Crippen molar-refractivity contribution in [1.29, 1.82) is 0 Å². The molecule has 2 aromatic carbocycles. The summed E-state index contributed by atoms with van der Waals surface area (Å²) in [6, 6.07) is 11.4. The average Bonchev–Trinajstić information content (AvgIpc) is 2.67. The van der Waals surface area contributed by atoms with E-state index >= 15 is 0 Å². The summed E-state index contributed by atoms with van der Waals surface area (Å²) in [5, 5.41) is 9.83. The average molecular weight is 486 g/mol. The van der Waals surface area contributed by atoms with Crippen LogP contribution in [0, 0.1) is 5.82 Å². The molecule has 0 aliphatic rings. The van der Waals surface area contributed by atoms with Crippen molar-refractivity contribution in [3.05, 3.63) is 54.3 Å². The number of benzene rings is 2. The Bertz CT molecular complexity index is 1060. The van der Waals surface area contributed by atoms with Crippen LogP contribution in [0.4, 0.5) is 15.8 Å². The van der Waals surface area contributed by atoms with E-state index in [-0.39, 0.29) is 22.1 Å². The van der Waals surface area contributed by atoms with E-state index < -0.39 is 39.3 Å². The van der Waals surface area contributed by atoms with Crippen molar-refractivity contribution in [3.8, 4) is 0 Å². The minimum absolute atomic E-state index is 0.0450. The number of sulfonamides is 1. The van der Waals surface area contributed by atoms with E-state index in [1.165, 1.54) is 42.5 Å². The molecule has 0 fully saturated rings. The normalized spacial score (nSPS) is 11.8. The predicted octanol–water partition coefficient (Wildman–Crippen LogP) is 1.51. The fraction of sp³-hybridized carbons (Fsp3) is 0.167. The van der Waals surface area contributed by atoms with Crippen molar-refractivity contribution in [1.82, 2.24) is 10.9 Å². The number of para-hydroxylation sites is 1. The molecule has 1 amide bonds. The van der Waals surface area contributed by atoms with Gasteiger partial charge in [0, 0.05) is 12.1 Å². The highest BCUT2D eigenvalue weighted by Crippen LogP contribution is 2.16. The van der Waals surface area contributed by atoms with Gasteiger partial charge < -0.3 is 10.6 Å². The molecule has 13 heteroatoms. The number of carbonyl (C=O) groups excluding carboxylic acids is 2. The number of halogens is 1. The highest BCUT2D eigenvalue weighted by atomic mass is 32.2. The first kappa shape index (κ1) is 24.5. The summed E-state index contributed by atoms with van der Waals surface area (Å²) in [5.41, 5.74) is 5.28. The van der Waals surface area contributed by atoms with E-state index in [0.29, 0.717) is 5.69 Å². The summed E-state index contributed by atoms with van der Waals surface area (Å²) >= 11 is 9.19. The van der Waals surface area contributed by atoms with Crippen LogP contribution >= 0.6 is 24.8 Å². The molecule has 1 atom stereocenters. The molecule has 0 heterocycles. The van der Waals surface area contributed by atoms with Crippen LogP contribution in [0.3, 0.4) is 0 Å². The van der Waals surface area contributed by atoms with Crippen LogP contribution in [-0.4, -0.2) is 30.6 Å². The zero-order valence-corrected chi connectivity index (χ0v) is 18.5. The molecular weight excluding hydrogens is 465 g/mol. The van der Waals surface area contributed by atoms with Crippen molar-refractivity contribution in [2.24, 2.45) is 5.14 Å². The minimum atomic E-state index is -3.80. The number of amides is 1. The van der Waals surface area contributed by atoms with Gasteiger partial charge in [-0.05, 0) is 48.6 Å². The Labute approximate surface area is 189 Å². The number of hydrazine groups is 1. The number of nitrogens with two attached hydrogens (primary N) is 1. The molecular formula is C18H20FN5O4S3. The molecule has 0 spiro atoms. The van der Waals surface area contributed by atoms with E-state index in [9.17, 15) is 22.4 Å². The summed E-state index contributed by atoms with van der Waals surface area (Å²) in [6.07, 6.45) is -0.510. The van der Waals surface area contributed by atoms with Gasteiger partial charge in [0.15, 0.2) is 5.11 Å². The number of hydrogen-bond acceptors (Lipinski definition) is 7. The molecule has 0 radical (unpaired) electrons. The van der Waals surface area contributed by atoms with Crippen LogP contribution in [0.5, 0.6) is 0 Å². The number of thiocarbonyl (C=S) groups is 1. The van der Waals surface area contributed by atoms with Gasteiger partial charge in [0.05, 0.1) is 22.4 Å². The summed E-state index contributed by atoms with van der Waals surface area (Å²) in [7, 11) is -3.80. The highest BCUT2D eigenvalue weighted by Gasteiger charge is 2.15. The third-order valence-corrected chi connectivity index (χ3v) is 5.18. The molecule has 0 aliphatic carbocycles. The molecule has 31 heavy (non-hydrogen) atoms. The van der Waals surface area contributed by atoms with E-state index in [1.807, 2.05) is 0 Å². The molecule has 9 nitrogen and oxygen atoms in total.